The third-order valence-corrected chi connectivity index (χ3v) is 4.78. The zero-order valence-electron chi connectivity index (χ0n) is 11.6. The number of aryl methyl sites for hydroxylation is 1. The third kappa shape index (κ3) is 2.15. The van der Waals surface area contributed by atoms with E-state index in [9.17, 15) is 5.11 Å². The van der Waals surface area contributed by atoms with Crippen LogP contribution < -0.4 is 0 Å². The Morgan fingerprint density at radius 2 is 1.65 bits per heavy atom. The minimum atomic E-state index is -0.338. The number of H-pyrrole nitrogens is 1. The van der Waals surface area contributed by atoms with Crippen LogP contribution in [0, 0.1) is 26.2 Å². The molecule has 1 aromatic rings. The Bertz CT molecular complexity index is 399. The largest absolute Gasteiger partial charge is 0.386 e. The van der Waals surface area contributed by atoms with Crippen LogP contribution in [0.5, 0.6) is 0 Å². The average molecular weight is 235 g/mol. The molecule has 2 heteroatoms. The molecule has 1 heterocycles. The second-order valence-corrected chi connectivity index (χ2v) is 6.03. The highest BCUT2D eigenvalue weighted by atomic mass is 16.3. The number of aliphatic hydroxyl groups is 1. The van der Waals surface area contributed by atoms with E-state index in [1.54, 1.807) is 0 Å². The number of aromatic nitrogens is 1. The normalized spacial score (nSPS) is 21.5. The van der Waals surface area contributed by atoms with E-state index in [0.717, 1.165) is 18.5 Å². The molecule has 0 spiro atoms. The number of hydrogen-bond donors (Lipinski definition) is 2. The van der Waals surface area contributed by atoms with Gasteiger partial charge in [0.15, 0.2) is 0 Å². The van der Waals surface area contributed by atoms with Gasteiger partial charge >= 0.3 is 0 Å². The summed E-state index contributed by atoms with van der Waals surface area (Å²) in [5.74, 6) is 0. The number of nitrogens with one attached hydrogen (secondary N) is 1. The molecule has 1 saturated carbocycles. The van der Waals surface area contributed by atoms with Crippen molar-refractivity contribution in [3.05, 3.63) is 22.5 Å². The lowest BCUT2D eigenvalue weighted by molar-refractivity contribution is 0.00512. The van der Waals surface area contributed by atoms with Gasteiger partial charge in [-0.15, -0.1) is 0 Å². The van der Waals surface area contributed by atoms with Crippen LogP contribution in [-0.4, -0.2) is 10.1 Å². The summed E-state index contributed by atoms with van der Waals surface area (Å²) in [6, 6.07) is 0. The van der Waals surface area contributed by atoms with Crippen molar-refractivity contribution in [3.8, 4) is 0 Å². The van der Waals surface area contributed by atoms with Gasteiger partial charge in [0.2, 0.25) is 0 Å². The van der Waals surface area contributed by atoms with Crippen molar-refractivity contribution in [2.24, 2.45) is 5.41 Å². The maximum atomic E-state index is 10.7. The van der Waals surface area contributed by atoms with Crippen LogP contribution >= 0.6 is 0 Å². The van der Waals surface area contributed by atoms with Gasteiger partial charge in [-0.25, -0.2) is 0 Å². The van der Waals surface area contributed by atoms with Crippen LogP contribution in [0.2, 0.25) is 0 Å². The average Bonchev–Trinajstić information content (AvgIpc) is 2.57. The monoisotopic (exact) mass is 235 g/mol. The molecule has 0 amide bonds. The van der Waals surface area contributed by atoms with Crippen molar-refractivity contribution in [1.82, 2.24) is 4.98 Å². The fourth-order valence-corrected chi connectivity index (χ4v) is 3.13. The number of aromatic amines is 1. The molecule has 1 aliphatic carbocycles. The molecular formula is C15H25NO. The standard InChI is InChI=1S/C15H25NO/c1-10-11(2)13(16-12(10)3)14(17)15(4)8-6-5-7-9-15/h14,16-17H,5-9H2,1-4H3. The minimum Gasteiger partial charge on any atom is -0.386 e. The van der Waals surface area contributed by atoms with Crippen molar-refractivity contribution < 1.29 is 5.11 Å². The Morgan fingerprint density at radius 3 is 2.12 bits per heavy atom. The zero-order chi connectivity index (χ0) is 12.6. The minimum absolute atomic E-state index is 0.0622. The summed E-state index contributed by atoms with van der Waals surface area (Å²) in [6.07, 6.45) is 5.78. The molecule has 2 nitrogen and oxygen atoms in total. The summed E-state index contributed by atoms with van der Waals surface area (Å²) < 4.78 is 0. The smallest absolute Gasteiger partial charge is 0.0993 e. The predicted molar refractivity (Wildman–Crippen MR) is 71.2 cm³/mol. The van der Waals surface area contributed by atoms with Crippen molar-refractivity contribution in [2.75, 3.05) is 0 Å². The van der Waals surface area contributed by atoms with Gasteiger partial charge in [-0.3, -0.25) is 0 Å². The number of rotatable bonds is 2. The Kier molecular flexibility index (Phi) is 3.35. The summed E-state index contributed by atoms with van der Waals surface area (Å²) in [6.45, 7) is 8.56. The SMILES string of the molecule is Cc1[nH]c(C(O)C2(C)CCCCC2)c(C)c1C. The van der Waals surface area contributed by atoms with Crippen LogP contribution in [0.15, 0.2) is 0 Å². The van der Waals surface area contributed by atoms with E-state index in [4.69, 9.17) is 0 Å². The summed E-state index contributed by atoms with van der Waals surface area (Å²) >= 11 is 0. The summed E-state index contributed by atoms with van der Waals surface area (Å²) in [5, 5.41) is 10.7. The molecule has 17 heavy (non-hydrogen) atoms. The van der Waals surface area contributed by atoms with Gasteiger partial charge in [-0.2, -0.15) is 0 Å². The Labute approximate surface area is 104 Å². The van der Waals surface area contributed by atoms with E-state index >= 15 is 0 Å². The van der Waals surface area contributed by atoms with Gasteiger partial charge in [0, 0.05) is 11.4 Å². The third-order valence-electron chi connectivity index (χ3n) is 4.78. The van der Waals surface area contributed by atoms with Gasteiger partial charge in [-0.1, -0.05) is 26.2 Å². The first-order valence-corrected chi connectivity index (χ1v) is 6.79. The molecule has 2 N–H and O–H groups in total. The molecule has 0 saturated heterocycles. The Hall–Kier alpha value is -0.760. The quantitative estimate of drug-likeness (QED) is 0.800. The lowest BCUT2D eigenvalue weighted by atomic mass is 9.70. The summed E-state index contributed by atoms with van der Waals surface area (Å²) in [5.41, 5.74) is 4.83. The second kappa shape index (κ2) is 4.49. The van der Waals surface area contributed by atoms with Crippen LogP contribution in [0.3, 0.4) is 0 Å². The predicted octanol–water partition coefficient (Wildman–Crippen LogP) is 3.94. The fraction of sp³-hybridized carbons (Fsp3) is 0.733. The second-order valence-electron chi connectivity index (χ2n) is 6.03. The molecule has 1 aromatic heterocycles. The topological polar surface area (TPSA) is 36.0 Å². The fourth-order valence-electron chi connectivity index (χ4n) is 3.13. The molecule has 1 unspecified atom stereocenters. The first kappa shape index (κ1) is 12.7. The number of aliphatic hydroxyl groups excluding tert-OH is 1. The van der Waals surface area contributed by atoms with Gasteiger partial charge < -0.3 is 10.1 Å². The van der Waals surface area contributed by atoms with E-state index < -0.39 is 0 Å². The molecule has 1 fully saturated rings. The van der Waals surface area contributed by atoms with Crippen LogP contribution in [0.25, 0.3) is 0 Å². The molecular weight excluding hydrogens is 210 g/mol. The van der Waals surface area contributed by atoms with Gasteiger partial charge in [0.1, 0.15) is 0 Å². The van der Waals surface area contributed by atoms with Crippen molar-refractivity contribution in [3.63, 3.8) is 0 Å². The van der Waals surface area contributed by atoms with E-state index in [2.05, 4.69) is 32.7 Å². The highest BCUT2D eigenvalue weighted by Crippen LogP contribution is 2.46. The highest BCUT2D eigenvalue weighted by Gasteiger charge is 2.36. The molecule has 96 valence electrons. The first-order chi connectivity index (χ1) is 7.96. The first-order valence-electron chi connectivity index (χ1n) is 6.79. The maximum Gasteiger partial charge on any atom is 0.0993 e. The van der Waals surface area contributed by atoms with Gasteiger partial charge in [0.25, 0.3) is 0 Å². The molecule has 0 aromatic carbocycles. The summed E-state index contributed by atoms with van der Waals surface area (Å²) in [4.78, 5) is 3.38. The van der Waals surface area contributed by atoms with Crippen molar-refractivity contribution in [2.45, 2.75) is 65.9 Å². The molecule has 0 radical (unpaired) electrons. The van der Waals surface area contributed by atoms with E-state index in [1.165, 1.54) is 36.1 Å². The van der Waals surface area contributed by atoms with Gasteiger partial charge in [-0.05, 0) is 50.2 Å². The van der Waals surface area contributed by atoms with E-state index in [1.807, 2.05) is 0 Å². The molecule has 2 rings (SSSR count). The lowest BCUT2D eigenvalue weighted by Crippen LogP contribution is -2.28. The molecule has 0 bridgehead atoms. The number of hydrogen-bond acceptors (Lipinski definition) is 1. The highest BCUT2D eigenvalue weighted by molar-refractivity contribution is 5.36. The zero-order valence-corrected chi connectivity index (χ0v) is 11.6. The summed E-state index contributed by atoms with van der Waals surface area (Å²) in [7, 11) is 0. The van der Waals surface area contributed by atoms with Crippen molar-refractivity contribution >= 4 is 0 Å². The molecule has 1 aliphatic rings. The molecule has 0 aliphatic heterocycles. The Morgan fingerprint density at radius 1 is 1.06 bits per heavy atom. The van der Waals surface area contributed by atoms with E-state index in [-0.39, 0.29) is 11.5 Å². The lowest BCUT2D eigenvalue weighted by Gasteiger charge is -2.38. The van der Waals surface area contributed by atoms with Crippen molar-refractivity contribution in [1.29, 1.82) is 0 Å². The van der Waals surface area contributed by atoms with Gasteiger partial charge in [0.05, 0.1) is 6.10 Å². The van der Waals surface area contributed by atoms with E-state index in [0.29, 0.717) is 0 Å². The van der Waals surface area contributed by atoms with Crippen LogP contribution in [-0.2, 0) is 0 Å². The van der Waals surface area contributed by atoms with Crippen LogP contribution in [0.1, 0.15) is 67.6 Å². The maximum absolute atomic E-state index is 10.7. The Balaban J connectivity index is 2.29. The van der Waals surface area contributed by atoms with Crippen LogP contribution in [0.4, 0.5) is 0 Å². The molecule has 1 atom stereocenters.